The molecule has 2 nitrogen and oxygen atoms in total. The number of pyridine rings is 1. The second kappa shape index (κ2) is 4.01. The molecule has 0 atom stereocenters. The van der Waals surface area contributed by atoms with Gasteiger partial charge in [0.25, 0.3) is 0 Å². The van der Waals surface area contributed by atoms with E-state index >= 15 is 0 Å². The Kier molecular flexibility index (Phi) is 2.87. The van der Waals surface area contributed by atoms with Gasteiger partial charge in [-0.2, -0.15) is 0 Å². The highest BCUT2D eigenvalue weighted by atomic mass is 35.5. The highest BCUT2D eigenvalue weighted by Gasteiger charge is 2.26. The van der Waals surface area contributed by atoms with Gasteiger partial charge in [-0.3, -0.25) is 0 Å². The molecule has 1 aromatic heterocycles. The molecule has 0 bridgehead atoms. The van der Waals surface area contributed by atoms with Gasteiger partial charge >= 0.3 is 0 Å². The monoisotopic (exact) mass is 224 g/mol. The second-order valence-electron chi connectivity index (χ2n) is 4.70. The molecule has 0 saturated carbocycles. The SMILES string of the molecule is CC1CN(c2nccc(C(C)C)c2Cl)C1. The quantitative estimate of drug-likeness (QED) is 0.766. The van der Waals surface area contributed by atoms with Crippen LogP contribution in [0.3, 0.4) is 0 Å². The van der Waals surface area contributed by atoms with Crippen molar-refractivity contribution in [3.05, 3.63) is 22.8 Å². The van der Waals surface area contributed by atoms with Crippen LogP contribution in [0.25, 0.3) is 0 Å². The summed E-state index contributed by atoms with van der Waals surface area (Å²) in [6.07, 6.45) is 1.86. The molecular weight excluding hydrogens is 208 g/mol. The van der Waals surface area contributed by atoms with E-state index in [0.717, 1.165) is 29.8 Å². The molecule has 1 saturated heterocycles. The molecule has 0 spiro atoms. The Bertz CT molecular complexity index is 357. The van der Waals surface area contributed by atoms with E-state index in [9.17, 15) is 0 Å². The first-order chi connectivity index (χ1) is 7.09. The van der Waals surface area contributed by atoms with Crippen LogP contribution in [0.1, 0.15) is 32.3 Å². The molecule has 1 fully saturated rings. The molecule has 3 heteroatoms. The van der Waals surface area contributed by atoms with Crippen LogP contribution in [0.5, 0.6) is 0 Å². The Balaban J connectivity index is 2.28. The smallest absolute Gasteiger partial charge is 0.147 e. The molecule has 2 rings (SSSR count). The van der Waals surface area contributed by atoms with Crippen molar-refractivity contribution in [3.8, 4) is 0 Å². The van der Waals surface area contributed by atoms with Crippen LogP contribution in [0.15, 0.2) is 12.3 Å². The molecule has 1 aliphatic heterocycles. The molecule has 1 aliphatic rings. The lowest BCUT2D eigenvalue weighted by atomic mass is 10.0. The van der Waals surface area contributed by atoms with Crippen LogP contribution in [0.4, 0.5) is 5.82 Å². The van der Waals surface area contributed by atoms with Gasteiger partial charge in [-0.05, 0) is 23.5 Å². The molecule has 0 amide bonds. The highest BCUT2D eigenvalue weighted by Crippen LogP contribution is 2.34. The first-order valence-electron chi connectivity index (χ1n) is 5.49. The second-order valence-corrected chi connectivity index (χ2v) is 5.08. The number of hydrogen-bond donors (Lipinski definition) is 0. The summed E-state index contributed by atoms with van der Waals surface area (Å²) in [6, 6.07) is 2.01. The fourth-order valence-electron chi connectivity index (χ4n) is 1.99. The van der Waals surface area contributed by atoms with E-state index in [-0.39, 0.29) is 0 Å². The Morgan fingerprint density at radius 3 is 2.67 bits per heavy atom. The van der Waals surface area contributed by atoms with Crippen molar-refractivity contribution in [3.63, 3.8) is 0 Å². The number of hydrogen-bond acceptors (Lipinski definition) is 2. The van der Waals surface area contributed by atoms with Crippen LogP contribution < -0.4 is 4.90 Å². The van der Waals surface area contributed by atoms with Gasteiger partial charge < -0.3 is 4.90 Å². The molecule has 15 heavy (non-hydrogen) atoms. The van der Waals surface area contributed by atoms with Crippen molar-refractivity contribution in [2.24, 2.45) is 5.92 Å². The zero-order valence-electron chi connectivity index (χ0n) is 9.50. The number of anilines is 1. The van der Waals surface area contributed by atoms with Gasteiger partial charge in [-0.15, -0.1) is 0 Å². The van der Waals surface area contributed by atoms with E-state index in [1.165, 1.54) is 5.56 Å². The minimum absolute atomic E-state index is 0.456. The lowest BCUT2D eigenvalue weighted by Crippen LogP contribution is -2.45. The van der Waals surface area contributed by atoms with Gasteiger partial charge in [-0.1, -0.05) is 32.4 Å². The van der Waals surface area contributed by atoms with E-state index in [2.05, 4.69) is 30.7 Å². The van der Waals surface area contributed by atoms with E-state index in [0.29, 0.717) is 5.92 Å². The highest BCUT2D eigenvalue weighted by molar-refractivity contribution is 6.33. The fourth-order valence-corrected chi connectivity index (χ4v) is 2.43. The van der Waals surface area contributed by atoms with E-state index < -0.39 is 0 Å². The predicted molar refractivity (Wildman–Crippen MR) is 64.7 cm³/mol. The summed E-state index contributed by atoms with van der Waals surface area (Å²) >= 11 is 6.35. The normalized spacial score (nSPS) is 17.0. The summed E-state index contributed by atoms with van der Waals surface area (Å²) in [6.45, 7) is 8.71. The van der Waals surface area contributed by atoms with E-state index in [1.807, 2.05) is 12.3 Å². The molecule has 0 N–H and O–H groups in total. The van der Waals surface area contributed by atoms with Gasteiger partial charge in [0, 0.05) is 19.3 Å². The number of aromatic nitrogens is 1. The third-order valence-electron chi connectivity index (χ3n) is 2.89. The Hall–Kier alpha value is -0.760. The summed E-state index contributed by atoms with van der Waals surface area (Å²) < 4.78 is 0. The topological polar surface area (TPSA) is 16.1 Å². The van der Waals surface area contributed by atoms with Gasteiger partial charge in [0.2, 0.25) is 0 Å². The Labute approximate surface area is 96.3 Å². The van der Waals surface area contributed by atoms with Crippen molar-refractivity contribution in [1.29, 1.82) is 0 Å². The minimum atomic E-state index is 0.456. The van der Waals surface area contributed by atoms with Gasteiger partial charge in [0.05, 0.1) is 5.02 Å². The van der Waals surface area contributed by atoms with Crippen molar-refractivity contribution >= 4 is 17.4 Å². The largest absolute Gasteiger partial charge is 0.355 e. The van der Waals surface area contributed by atoms with Crippen LogP contribution in [-0.2, 0) is 0 Å². The summed E-state index contributed by atoms with van der Waals surface area (Å²) in [5, 5.41) is 0.833. The Morgan fingerprint density at radius 1 is 1.47 bits per heavy atom. The molecule has 0 unspecified atom stereocenters. The van der Waals surface area contributed by atoms with Crippen LogP contribution in [-0.4, -0.2) is 18.1 Å². The average molecular weight is 225 g/mol. The number of rotatable bonds is 2. The van der Waals surface area contributed by atoms with E-state index in [1.54, 1.807) is 0 Å². The summed E-state index contributed by atoms with van der Waals surface area (Å²) in [7, 11) is 0. The molecule has 0 radical (unpaired) electrons. The molecule has 82 valence electrons. The standard InChI is InChI=1S/C12H17ClN2/c1-8(2)10-4-5-14-12(11(10)13)15-6-9(3)7-15/h4-5,8-9H,6-7H2,1-3H3. The first-order valence-corrected chi connectivity index (χ1v) is 5.86. The van der Waals surface area contributed by atoms with Crippen molar-refractivity contribution in [1.82, 2.24) is 4.98 Å². The zero-order chi connectivity index (χ0) is 11.0. The Morgan fingerprint density at radius 2 is 2.13 bits per heavy atom. The third kappa shape index (κ3) is 1.96. The van der Waals surface area contributed by atoms with Crippen molar-refractivity contribution in [2.75, 3.05) is 18.0 Å². The maximum atomic E-state index is 6.35. The molecular formula is C12H17ClN2. The summed E-state index contributed by atoms with van der Waals surface area (Å²) in [5.74, 6) is 2.18. The van der Waals surface area contributed by atoms with Crippen LogP contribution in [0.2, 0.25) is 5.02 Å². The third-order valence-corrected chi connectivity index (χ3v) is 3.27. The van der Waals surface area contributed by atoms with Crippen molar-refractivity contribution < 1.29 is 0 Å². The maximum absolute atomic E-state index is 6.35. The van der Waals surface area contributed by atoms with Gasteiger partial charge in [0.1, 0.15) is 5.82 Å². The molecule has 0 aromatic carbocycles. The maximum Gasteiger partial charge on any atom is 0.147 e. The minimum Gasteiger partial charge on any atom is -0.355 e. The average Bonchev–Trinajstić information content (AvgIpc) is 2.13. The predicted octanol–water partition coefficient (Wildman–Crippen LogP) is 3.31. The zero-order valence-corrected chi connectivity index (χ0v) is 10.3. The van der Waals surface area contributed by atoms with Gasteiger partial charge in [0.15, 0.2) is 0 Å². The van der Waals surface area contributed by atoms with E-state index in [4.69, 9.17) is 11.6 Å². The molecule has 0 aliphatic carbocycles. The van der Waals surface area contributed by atoms with Gasteiger partial charge in [-0.25, -0.2) is 4.98 Å². The summed E-state index contributed by atoms with van der Waals surface area (Å²) in [4.78, 5) is 6.62. The number of halogens is 1. The lowest BCUT2D eigenvalue weighted by molar-refractivity contribution is 0.443. The lowest BCUT2D eigenvalue weighted by Gasteiger charge is -2.38. The van der Waals surface area contributed by atoms with Crippen LogP contribution in [0, 0.1) is 5.92 Å². The number of nitrogens with zero attached hydrogens (tertiary/aromatic N) is 2. The first kappa shape index (κ1) is 10.7. The fraction of sp³-hybridized carbons (Fsp3) is 0.583. The summed E-state index contributed by atoms with van der Waals surface area (Å²) in [5.41, 5.74) is 1.20. The van der Waals surface area contributed by atoms with Crippen molar-refractivity contribution in [2.45, 2.75) is 26.7 Å². The molecule has 2 heterocycles. The molecule has 1 aromatic rings. The van der Waals surface area contributed by atoms with Crippen LogP contribution >= 0.6 is 11.6 Å².